The van der Waals surface area contributed by atoms with Crippen LogP contribution in [0.1, 0.15) is 24.0 Å². The largest absolute Gasteiger partial charge is 0.478 e. The molecule has 0 bridgehead atoms. The van der Waals surface area contributed by atoms with Gasteiger partial charge in [-0.3, -0.25) is 4.79 Å². The normalized spacial score (nSPS) is 17.2. The van der Waals surface area contributed by atoms with E-state index in [4.69, 9.17) is 16.5 Å². The van der Waals surface area contributed by atoms with Crippen LogP contribution in [0.15, 0.2) is 42.6 Å². The first-order valence-electron chi connectivity index (χ1n) is 6.40. The van der Waals surface area contributed by atoms with Crippen LogP contribution < -0.4 is 9.16 Å². The number of amides is 1. The average molecular weight is 289 g/mol. The molecule has 1 amide bonds. The van der Waals surface area contributed by atoms with Gasteiger partial charge < -0.3 is 4.74 Å². The van der Waals surface area contributed by atoms with E-state index in [-0.39, 0.29) is 5.91 Å². The van der Waals surface area contributed by atoms with Gasteiger partial charge in [-0.2, -0.15) is 0 Å². The second-order valence-electron chi connectivity index (χ2n) is 4.44. The lowest BCUT2D eigenvalue weighted by atomic mass is 9.93. The van der Waals surface area contributed by atoms with Gasteiger partial charge in [-0.1, -0.05) is 24.3 Å². The number of ether oxygens (including phenoxy) is 1. The summed E-state index contributed by atoms with van der Waals surface area (Å²) in [5.74, 6) is -0.157. The number of rotatable bonds is 3. The first-order valence-corrected chi connectivity index (χ1v) is 6.74. The molecule has 0 fully saturated rings. The Balaban J connectivity index is 2.13. The van der Waals surface area contributed by atoms with E-state index in [0.29, 0.717) is 12.5 Å². The molecule has 0 spiro atoms. The molecule has 3 rings (SSSR count). The Kier molecular flexibility index (Phi) is 3.32. The van der Waals surface area contributed by atoms with Crippen molar-refractivity contribution in [1.82, 2.24) is 4.98 Å². The summed E-state index contributed by atoms with van der Waals surface area (Å²) in [5.41, 5.74) is 2.34. The number of anilines is 1. The van der Waals surface area contributed by atoms with Crippen LogP contribution in [0.4, 0.5) is 5.69 Å². The second kappa shape index (κ2) is 5.13. The third-order valence-corrected chi connectivity index (χ3v) is 3.64. The van der Waals surface area contributed by atoms with Gasteiger partial charge in [-0.05, 0) is 24.6 Å². The highest BCUT2D eigenvalue weighted by Crippen LogP contribution is 2.43. The fraction of sp³-hybridized carbons (Fsp3) is 0.200. The van der Waals surface area contributed by atoms with Crippen LogP contribution in [-0.2, 0) is 4.79 Å². The number of carbonyl (C=O) groups is 1. The van der Waals surface area contributed by atoms with Gasteiger partial charge in [0.05, 0.1) is 18.2 Å². The smallest absolute Gasteiger partial charge is 0.253 e. The van der Waals surface area contributed by atoms with Crippen LogP contribution in [0.25, 0.3) is 0 Å². The zero-order chi connectivity index (χ0) is 14.1. The number of benzene rings is 1. The Morgan fingerprint density at radius 3 is 2.80 bits per heavy atom. The van der Waals surface area contributed by atoms with Crippen LogP contribution in [-0.4, -0.2) is 17.5 Å². The van der Waals surface area contributed by atoms with Crippen molar-refractivity contribution in [2.75, 3.05) is 11.0 Å². The minimum Gasteiger partial charge on any atom is -0.478 e. The van der Waals surface area contributed by atoms with Crippen molar-refractivity contribution >= 4 is 23.4 Å². The van der Waals surface area contributed by atoms with Gasteiger partial charge in [0.2, 0.25) is 5.88 Å². The molecule has 2 heterocycles. The molecule has 1 aromatic heterocycles. The van der Waals surface area contributed by atoms with Gasteiger partial charge in [0.25, 0.3) is 5.91 Å². The second-order valence-corrected chi connectivity index (χ2v) is 4.78. The fourth-order valence-corrected chi connectivity index (χ4v) is 2.71. The van der Waals surface area contributed by atoms with Gasteiger partial charge in [0.15, 0.2) is 0 Å². The number of nitrogens with zero attached hydrogens (tertiary/aromatic N) is 2. The standard InChI is InChI=1S/C15H13ClN2O2/c1-2-20-14-11(7-5-9-17-14)13-10-6-3-4-8-12(10)18(16)15(13)19/h3-9,13H,2H2,1H3. The average Bonchev–Trinajstić information content (AvgIpc) is 2.73. The van der Waals surface area contributed by atoms with E-state index in [1.54, 1.807) is 12.3 Å². The van der Waals surface area contributed by atoms with Gasteiger partial charge in [0.1, 0.15) is 0 Å². The molecule has 20 heavy (non-hydrogen) atoms. The minimum atomic E-state index is -0.459. The summed E-state index contributed by atoms with van der Waals surface area (Å²) >= 11 is 6.09. The summed E-state index contributed by atoms with van der Waals surface area (Å²) in [6.45, 7) is 2.38. The number of hydrogen-bond acceptors (Lipinski definition) is 3. The maximum atomic E-state index is 12.4. The lowest BCUT2D eigenvalue weighted by Crippen LogP contribution is -2.20. The molecule has 0 saturated carbocycles. The molecular weight excluding hydrogens is 276 g/mol. The highest BCUT2D eigenvalue weighted by atomic mass is 35.5. The van der Waals surface area contributed by atoms with E-state index in [1.807, 2.05) is 37.3 Å². The lowest BCUT2D eigenvalue weighted by Gasteiger charge is -2.13. The minimum absolute atomic E-state index is 0.179. The number of carbonyl (C=O) groups excluding carboxylic acids is 1. The van der Waals surface area contributed by atoms with Crippen molar-refractivity contribution in [3.05, 3.63) is 53.7 Å². The Morgan fingerprint density at radius 1 is 1.25 bits per heavy atom. The molecule has 2 aromatic rings. The molecule has 0 N–H and O–H groups in total. The molecule has 1 aromatic carbocycles. The van der Waals surface area contributed by atoms with Crippen LogP contribution in [0, 0.1) is 0 Å². The topological polar surface area (TPSA) is 42.4 Å². The predicted octanol–water partition coefficient (Wildman–Crippen LogP) is 3.11. The molecule has 1 aliphatic rings. The molecule has 5 heteroatoms. The molecule has 1 unspecified atom stereocenters. The number of fused-ring (bicyclic) bond motifs is 1. The maximum absolute atomic E-state index is 12.4. The lowest BCUT2D eigenvalue weighted by molar-refractivity contribution is -0.117. The molecule has 1 aliphatic heterocycles. The van der Waals surface area contributed by atoms with Gasteiger partial charge in [0, 0.05) is 23.5 Å². The van der Waals surface area contributed by atoms with E-state index < -0.39 is 5.92 Å². The molecule has 0 saturated heterocycles. The molecule has 4 nitrogen and oxygen atoms in total. The van der Waals surface area contributed by atoms with E-state index in [0.717, 1.165) is 16.8 Å². The molecule has 0 radical (unpaired) electrons. The van der Waals surface area contributed by atoms with Crippen molar-refractivity contribution in [1.29, 1.82) is 0 Å². The van der Waals surface area contributed by atoms with Crippen molar-refractivity contribution in [3.63, 3.8) is 0 Å². The van der Waals surface area contributed by atoms with Crippen molar-refractivity contribution in [2.45, 2.75) is 12.8 Å². The van der Waals surface area contributed by atoms with Gasteiger partial charge >= 0.3 is 0 Å². The number of aromatic nitrogens is 1. The summed E-state index contributed by atoms with van der Waals surface area (Å²) in [4.78, 5) is 16.6. The first kappa shape index (κ1) is 12.9. The molecular formula is C15H13ClN2O2. The van der Waals surface area contributed by atoms with E-state index in [1.165, 1.54) is 4.42 Å². The van der Waals surface area contributed by atoms with E-state index in [2.05, 4.69) is 4.98 Å². The van der Waals surface area contributed by atoms with E-state index in [9.17, 15) is 4.79 Å². The first-order chi connectivity index (χ1) is 9.74. The van der Waals surface area contributed by atoms with Crippen LogP contribution >= 0.6 is 11.8 Å². The highest BCUT2D eigenvalue weighted by Gasteiger charge is 2.39. The Hall–Kier alpha value is -2.07. The summed E-state index contributed by atoms with van der Waals surface area (Å²) in [5, 5.41) is 0. The summed E-state index contributed by atoms with van der Waals surface area (Å²) in [6.07, 6.45) is 1.65. The van der Waals surface area contributed by atoms with Crippen molar-refractivity contribution in [3.8, 4) is 5.88 Å². The maximum Gasteiger partial charge on any atom is 0.253 e. The monoisotopic (exact) mass is 288 g/mol. The number of para-hydroxylation sites is 1. The Labute approximate surface area is 122 Å². The van der Waals surface area contributed by atoms with Crippen LogP contribution in [0.3, 0.4) is 0 Å². The number of halogens is 1. The van der Waals surface area contributed by atoms with Crippen molar-refractivity contribution in [2.24, 2.45) is 0 Å². The number of hydrogen-bond donors (Lipinski definition) is 0. The quantitative estimate of drug-likeness (QED) is 0.815. The van der Waals surface area contributed by atoms with Crippen molar-refractivity contribution < 1.29 is 9.53 Å². The fourth-order valence-electron chi connectivity index (χ4n) is 2.46. The van der Waals surface area contributed by atoms with Gasteiger partial charge in [-0.15, -0.1) is 0 Å². The Bertz CT molecular complexity index is 660. The molecule has 0 aliphatic carbocycles. The third kappa shape index (κ3) is 1.93. The van der Waals surface area contributed by atoms with Crippen LogP contribution in [0.5, 0.6) is 5.88 Å². The predicted molar refractivity (Wildman–Crippen MR) is 77.0 cm³/mol. The summed E-state index contributed by atoms with van der Waals surface area (Å²) in [6, 6.07) is 11.1. The van der Waals surface area contributed by atoms with Crippen LogP contribution in [0.2, 0.25) is 0 Å². The SMILES string of the molecule is CCOc1ncccc1C1C(=O)N(Cl)c2ccccc21. The zero-order valence-corrected chi connectivity index (χ0v) is 11.7. The third-order valence-electron chi connectivity index (χ3n) is 3.29. The van der Waals surface area contributed by atoms with E-state index >= 15 is 0 Å². The summed E-state index contributed by atoms with van der Waals surface area (Å²) < 4.78 is 6.69. The molecule has 1 atom stereocenters. The highest BCUT2D eigenvalue weighted by molar-refractivity contribution is 6.39. The summed E-state index contributed by atoms with van der Waals surface area (Å²) in [7, 11) is 0. The number of pyridine rings is 1. The van der Waals surface area contributed by atoms with Gasteiger partial charge in [-0.25, -0.2) is 9.40 Å². The zero-order valence-electron chi connectivity index (χ0n) is 10.9. The molecule has 102 valence electrons. The Morgan fingerprint density at radius 2 is 2.00 bits per heavy atom.